The van der Waals surface area contributed by atoms with Crippen molar-refractivity contribution in [3.63, 3.8) is 0 Å². The lowest BCUT2D eigenvalue weighted by atomic mass is 10.1. The zero-order valence-electron chi connectivity index (χ0n) is 23.2. The number of hydrogen-bond donors (Lipinski definition) is 1. The molecule has 1 atom stereocenters. The van der Waals surface area contributed by atoms with Gasteiger partial charge in [-0.25, -0.2) is 8.42 Å². The van der Waals surface area contributed by atoms with Crippen LogP contribution in [-0.4, -0.2) is 44.3 Å². The van der Waals surface area contributed by atoms with Crippen LogP contribution >= 0.6 is 23.2 Å². The van der Waals surface area contributed by atoms with Gasteiger partial charge in [0, 0.05) is 23.1 Å². The number of rotatable bonds is 12. The maximum absolute atomic E-state index is 14.1. The van der Waals surface area contributed by atoms with Gasteiger partial charge in [0.2, 0.25) is 11.8 Å². The minimum Gasteiger partial charge on any atom is -0.354 e. The summed E-state index contributed by atoms with van der Waals surface area (Å²) in [7, 11) is -4.19. The van der Waals surface area contributed by atoms with Crippen molar-refractivity contribution < 1.29 is 18.0 Å². The second-order valence-electron chi connectivity index (χ2n) is 9.58. The van der Waals surface area contributed by atoms with Gasteiger partial charge in [0.25, 0.3) is 10.0 Å². The van der Waals surface area contributed by atoms with Gasteiger partial charge in [-0.3, -0.25) is 13.9 Å². The van der Waals surface area contributed by atoms with Crippen LogP contribution in [0.4, 0.5) is 5.69 Å². The van der Waals surface area contributed by atoms with E-state index in [4.69, 9.17) is 23.2 Å². The number of anilines is 1. The maximum atomic E-state index is 14.1. The topological polar surface area (TPSA) is 86.8 Å². The summed E-state index contributed by atoms with van der Waals surface area (Å²) in [6.07, 6.45) is 1.06. The largest absolute Gasteiger partial charge is 0.354 e. The summed E-state index contributed by atoms with van der Waals surface area (Å²) in [6, 6.07) is 17.5. The number of amides is 2. The van der Waals surface area contributed by atoms with Gasteiger partial charge in [0.15, 0.2) is 0 Å². The van der Waals surface area contributed by atoms with E-state index in [1.807, 2.05) is 20.8 Å². The Morgan fingerprint density at radius 2 is 1.62 bits per heavy atom. The fourth-order valence-corrected chi connectivity index (χ4v) is 6.13. The second-order valence-corrected chi connectivity index (χ2v) is 12.3. The molecule has 0 aliphatic heterocycles. The highest BCUT2D eigenvalue weighted by molar-refractivity contribution is 7.92. The zero-order chi connectivity index (χ0) is 29.4. The summed E-state index contributed by atoms with van der Waals surface area (Å²) in [5.41, 5.74) is 2.45. The van der Waals surface area contributed by atoms with E-state index < -0.39 is 28.5 Å². The number of nitrogens with zero attached hydrogens (tertiary/aromatic N) is 2. The van der Waals surface area contributed by atoms with E-state index in [2.05, 4.69) is 5.32 Å². The summed E-state index contributed by atoms with van der Waals surface area (Å²) in [5, 5.41) is 3.64. The minimum atomic E-state index is -4.19. The number of hydrogen-bond acceptors (Lipinski definition) is 4. The van der Waals surface area contributed by atoms with E-state index >= 15 is 0 Å². The fourth-order valence-electron chi connectivity index (χ4n) is 4.30. The molecule has 0 heterocycles. The molecule has 0 radical (unpaired) electrons. The average Bonchev–Trinajstić information content (AvgIpc) is 2.93. The van der Waals surface area contributed by atoms with Gasteiger partial charge in [-0.05, 0) is 68.1 Å². The van der Waals surface area contributed by atoms with Gasteiger partial charge in [0.05, 0.1) is 10.6 Å². The van der Waals surface area contributed by atoms with Gasteiger partial charge in [-0.2, -0.15) is 0 Å². The molecule has 214 valence electrons. The third kappa shape index (κ3) is 7.56. The molecule has 3 aromatic carbocycles. The molecule has 0 unspecified atom stereocenters. The van der Waals surface area contributed by atoms with Crippen molar-refractivity contribution in [2.45, 2.75) is 58.0 Å². The highest BCUT2D eigenvalue weighted by atomic mass is 35.5. The Bertz CT molecular complexity index is 1450. The quantitative estimate of drug-likeness (QED) is 0.269. The highest BCUT2D eigenvalue weighted by Crippen LogP contribution is 2.30. The molecule has 40 heavy (non-hydrogen) atoms. The summed E-state index contributed by atoms with van der Waals surface area (Å²) < 4.78 is 29.1. The number of nitrogens with one attached hydrogen (secondary N) is 1. The van der Waals surface area contributed by atoms with Crippen molar-refractivity contribution in [3.05, 3.63) is 93.5 Å². The molecule has 0 fully saturated rings. The number of sulfonamides is 1. The highest BCUT2D eigenvalue weighted by Gasteiger charge is 2.34. The summed E-state index contributed by atoms with van der Waals surface area (Å²) >= 11 is 12.7. The average molecular weight is 605 g/mol. The number of aryl methyl sites for hydroxylation is 2. The molecule has 0 saturated heterocycles. The van der Waals surface area contributed by atoms with Crippen molar-refractivity contribution in [1.82, 2.24) is 10.2 Å². The summed E-state index contributed by atoms with van der Waals surface area (Å²) in [5.74, 6) is -0.856. The van der Waals surface area contributed by atoms with Crippen LogP contribution < -0.4 is 9.62 Å². The van der Waals surface area contributed by atoms with E-state index in [9.17, 15) is 18.0 Å². The van der Waals surface area contributed by atoms with Crippen LogP contribution in [0.5, 0.6) is 0 Å². The number of halogens is 2. The minimum absolute atomic E-state index is 0.0313. The third-order valence-corrected chi connectivity index (χ3v) is 8.94. The van der Waals surface area contributed by atoms with E-state index in [0.717, 1.165) is 16.3 Å². The molecule has 10 heteroatoms. The van der Waals surface area contributed by atoms with E-state index in [0.29, 0.717) is 34.1 Å². The van der Waals surface area contributed by atoms with Gasteiger partial charge >= 0.3 is 0 Å². The van der Waals surface area contributed by atoms with Crippen molar-refractivity contribution >= 4 is 50.7 Å². The molecule has 3 aromatic rings. The molecule has 0 aliphatic carbocycles. The molecular formula is C30H35Cl2N3O4S. The first kappa shape index (κ1) is 31.5. The van der Waals surface area contributed by atoms with Crippen LogP contribution in [0.3, 0.4) is 0 Å². The van der Waals surface area contributed by atoms with Crippen LogP contribution in [0.2, 0.25) is 10.0 Å². The number of benzene rings is 3. The molecule has 0 aromatic heterocycles. The Morgan fingerprint density at radius 3 is 2.25 bits per heavy atom. The molecule has 0 saturated carbocycles. The number of carbonyl (C=O) groups excluding carboxylic acids is 2. The normalized spacial score (nSPS) is 12.1. The summed E-state index contributed by atoms with van der Waals surface area (Å²) in [4.78, 5) is 28.7. The molecule has 3 rings (SSSR count). The molecule has 7 nitrogen and oxygen atoms in total. The monoisotopic (exact) mass is 603 g/mol. The lowest BCUT2D eigenvalue weighted by Crippen LogP contribution is -2.52. The third-order valence-electron chi connectivity index (χ3n) is 6.56. The van der Waals surface area contributed by atoms with Gasteiger partial charge in [0.1, 0.15) is 12.6 Å². The zero-order valence-corrected chi connectivity index (χ0v) is 25.5. The van der Waals surface area contributed by atoms with Crippen LogP contribution in [0.15, 0.2) is 71.6 Å². The standard InChI is InChI=1S/C30H35Cl2N3O4S/c1-5-17-33-30(37)27(6-2)34(19-23-9-7-8-10-26(23)32)29(36)20-35(28-18-24(31)14-13-22(28)4)40(38,39)25-15-11-21(3)12-16-25/h7-16,18,27H,5-6,17,19-20H2,1-4H3,(H,33,37)/t27-/m0/s1. The van der Waals surface area contributed by atoms with Gasteiger partial charge in [-0.15, -0.1) is 0 Å². The molecule has 0 spiro atoms. The molecule has 0 aliphatic rings. The lowest BCUT2D eigenvalue weighted by Gasteiger charge is -2.33. The van der Waals surface area contributed by atoms with Gasteiger partial charge in [-0.1, -0.05) is 79.0 Å². The van der Waals surface area contributed by atoms with Crippen molar-refractivity contribution in [2.75, 3.05) is 17.4 Å². The smallest absolute Gasteiger partial charge is 0.264 e. The maximum Gasteiger partial charge on any atom is 0.264 e. The van der Waals surface area contributed by atoms with E-state index in [-0.39, 0.29) is 23.0 Å². The number of carbonyl (C=O) groups is 2. The molecule has 0 bridgehead atoms. The summed E-state index contributed by atoms with van der Waals surface area (Å²) in [6.45, 7) is 7.31. The van der Waals surface area contributed by atoms with E-state index in [1.165, 1.54) is 23.1 Å². The Kier molecular flexibility index (Phi) is 11.0. The SMILES string of the molecule is CCCNC(=O)[C@H](CC)N(Cc1ccccc1Cl)C(=O)CN(c1cc(Cl)ccc1C)S(=O)(=O)c1ccc(C)cc1. The first-order valence-corrected chi connectivity index (χ1v) is 15.3. The van der Waals surface area contributed by atoms with Crippen LogP contribution in [0, 0.1) is 13.8 Å². The Hall–Kier alpha value is -3.07. The predicted octanol–water partition coefficient (Wildman–Crippen LogP) is 6.14. The Morgan fingerprint density at radius 1 is 0.950 bits per heavy atom. The van der Waals surface area contributed by atoms with Crippen LogP contribution in [0.25, 0.3) is 0 Å². The van der Waals surface area contributed by atoms with E-state index in [1.54, 1.807) is 55.5 Å². The van der Waals surface area contributed by atoms with Gasteiger partial charge < -0.3 is 10.2 Å². The molecular weight excluding hydrogens is 569 g/mol. The lowest BCUT2D eigenvalue weighted by molar-refractivity contribution is -0.140. The molecule has 1 N–H and O–H groups in total. The Balaban J connectivity index is 2.11. The van der Waals surface area contributed by atoms with Crippen molar-refractivity contribution in [2.24, 2.45) is 0 Å². The first-order valence-electron chi connectivity index (χ1n) is 13.2. The predicted molar refractivity (Wildman–Crippen MR) is 161 cm³/mol. The van der Waals surface area contributed by atoms with Crippen LogP contribution in [0.1, 0.15) is 43.4 Å². The second kappa shape index (κ2) is 14.0. The van der Waals surface area contributed by atoms with Crippen molar-refractivity contribution in [3.8, 4) is 0 Å². The van der Waals surface area contributed by atoms with Crippen molar-refractivity contribution in [1.29, 1.82) is 0 Å². The first-order chi connectivity index (χ1) is 19.0. The molecule has 2 amide bonds. The Labute approximate surface area is 247 Å². The fraction of sp³-hybridized carbons (Fsp3) is 0.333. The van der Waals surface area contributed by atoms with Crippen LogP contribution in [-0.2, 0) is 26.2 Å².